The van der Waals surface area contributed by atoms with Gasteiger partial charge in [0.15, 0.2) is 5.65 Å². The number of ether oxygens (including phenoxy) is 1. The molecule has 0 bridgehead atoms. The largest absolute Gasteiger partial charge is 0.383 e. The second-order valence-corrected chi connectivity index (χ2v) is 6.42. The van der Waals surface area contributed by atoms with Crippen molar-refractivity contribution in [2.75, 3.05) is 13.7 Å². The normalized spacial score (nSPS) is 14.7. The predicted molar refractivity (Wildman–Crippen MR) is 85.3 cm³/mol. The van der Waals surface area contributed by atoms with Gasteiger partial charge in [-0.15, -0.1) is 11.6 Å². The summed E-state index contributed by atoms with van der Waals surface area (Å²) in [6.07, 6.45) is 3.87. The molecule has 2 aromatic heterocycles. The molecule has 0 saturated carbocycles. The van der Waals surface area contributed by atoms with Gasteiger partial charge >= 0.3 is 0 Å². The van der Waals surface area contributed by atoms with Crippen molar-refractivity contribution in [1.29, 1.82) is 0 Å². The molecule has 20 heavy (non-hydrogen) atoms. The number of imidazole rings is 1. The van der Waals surface area contributed by atoms with Crippen LogP contribution in [0, 0.1) is 0 Å². The van der Waals surface area contributed by atoms with Gasteiger partial charge in [-0.2, -0.15) is 0 Å². The van der Waals surface area contributed by atoms with Crippen molar-refractivity contribution in [3.8, 4) is 0 Å². The summed E-state index contributed by atoms with van der Waals surface area (Å²) >= 11 is 9.73. The number of halogens is 2. The van der Waals surface area contributed by atoms with Crippen molar-refractivity contribution in [3.63, 3.8) is 0 Å². The van der Waals surface area contributed by atoms with Crippen LogP contribution in [0.3, 0.4) is 0 Å². The molecule has 2 aromatic rings. The van der Waals surface area contributed by atoms with E-state index in [9.17, 15) is 0 Å². The van der Waals surface area contributed by atoms with Crippen molar-refractivity contribution in [1.82, 2.24) is 14.5 Å². The third-order valence-electron chi connectivity index (χ3n) is 3.23. The van der Waals surface area contributed by atoms with Crippen molar-refractivity contribution < 1.29 is 4.74 Å². The van der Waals surface area contributed by atoms with Gasteiger partial charge in [0.1, 0.15) is 11.3 Å². The molecular formula is C14H19BrClN3O. The van der Waals surface area contributed by atoms with Gasteiger partial charge in [-0.25, -0.2) is 9.97 Å². The lowest BCUT2D eigenvalue weighted by atomic mass is 10.1. The summed E-state index contributed by atoms with van der Waals surface area (Å²) in [5.41, 5.74) is 1.73. The van der Waals surface area contributed by atoms with Gasteiger partial charge in [-0.05, 0) is 35.3 Å². The lowest BCUT2D eigenvalue weighted by molar-refractivity contribution is 0.150. The highest BCUT2D eigenvalue weighted by molar-refractivity contribution is 9.10. The van der Waals surface area contributed by atoms with Crippen LogP contribution in [0.5, 0.6) is 0 Å². The Morgan fingerprint density at radius 1 is 1.50 bits per heavy atom. The molecule has 2 atom stereocenters. The molecule has 110 valence electrons. The number of methoxy groups -OCH3 is 1. The molecule has 0 radical (unpaired) electrons. The third-order valence-corrected chi connectivity index (χ3v) is 3.85. The Labute approximate surface area is 132 Å². The molecule has 0 amide bonds. The van der Waals surface area contributed by atoms with Gasteiger partial charge in [0, 0.05) is 17.8 Å². The van der Waals surface area contributed by atoms with E-state index in [1.807, 2.05) is 13.0 Å². The van der Waals surface area contributed by atoms with Gasteiger partial charge in [0.05, 0.1) is 18.0 Å². The van der Waals surface area contributed by atoms with Crippen LogP contribution in [-0.2, 0) is 4.74 Å². The minimum Gasteiger partial charge on any atom is -0.383 e. The number of alkyl halides is 1. The first kappa shape index (κ1) is 15.7. The van der Waals surface area contributed by atoms with E-state index in [1.165, 1.54) is 0 Å². The Balaban J connectivity index is 2.60. The van der Waals surface area contributed by atoms with E-state index in [4.69, 9.17) is 16.3 Å². The minimum atomic E-state index is -0.167. The highest BCUT2D eigenvalue weighted by atomic mass is 79.9. The van der Waals surface area contributed by atoms with Gasteiger partial charge in [-0.3, -0.25) is 0 Å². The molecule has 2 rings (SSSR count). The van der Waals surface area contributed by atoms with Crippen LogP contribution >= 0.6 is 27.5 Å². The number of fused-ring (bicyclic) bond motifs is 1. The number of nitrogens with zero attached hydrogens (tertiary/aromatic N) is 3. The molecule has 6 heteroatoms. The van der Waals surface area contributed by atoms with E-state index in [2.05, 4.69) is 37.4 Å². The average molecular weight is 361 g/mol. The van der Waals surface area contributed by atoms with E-state index < -0.39 is 0 Å². The molecule has 0 N–H and O–H groups in total. The lowest BCUT2D eigenvalue weighted by Crippen LogP contribution is -2.18. The SMILES string of the molecule is CCCC(COC)n1c(C(C)Cl)nc2cc(Br)cnc21. The fraction of sp³-hybridized carbons (Fsp3) is 0.571. The molecule has 0 fully saturated rings. The molecule has 4 nitrogen and oxygen atoms in total. The fourth-order valence-electron chi connectivity index (χ4n) is 2.43. The Hall–Kier alpha value is -0.650. The van der Waals surface area contributed by atoms with Crippen LogP contribution < -0.4 is 0 Å². The van der Waals surface area contributed by atoms with E-state index in [-0.39, 0.29) is 11.4 Å². The van der Waals surface area contributed by atoms with E-state index in [0.717, 1.165) is 34.3 Å². The molecule has 0 aliphatic carbocycles. The van der Waals surface area contributed by atoms with E-state index in [1.54, 1.807) is 13.3 Å². The third kappa shape index (κ3) is 3.15. The Kier molecular flexibility index (Phi) is 5.41. The van der Waals surface area contributed by atoms with Crippen LogP contribution in [0.25, 0.3) is 11.2 Å². The molecule has 2 unspecified atom stereocenters. The number of aromatic nitrogens is 3. The van der Waals surface area contributed by atoms with Crippen molar-refractivity contribution >= 4 is 38.7 Å². The number of rotatable bonds is 6. The number of hydrogen-bond donors (Lipinski definition) is 0. The van der Waals surface area contributed by atoms with E-state index in [0.29, 0.717) is 6.61 Å². The second kappa shape index (κ2) is 6.87. The predicted octanol–water partition coefficient (Wildman–Crippen LogP) is 4.48. The summed E-state index contributed by atoms with van der Waals surface area (Å²) in [5.74, 6) is 0.850. The number of pyridine rings is 1. The smallest absolute Gasteiger partial charge is 0.160 e. The molecule has 0 spiro atoms. The minimum absolute atomic E-state index is 0.167. The van der Waals surface area contributed by atoms with Crippen LogP contribution in [-0.4, -0.2) is 28.3 Å². The summed E-state index contributed by atoms with van der Waals surface area (Å²) < 4.78 is 8.41. The first-order valence-electron chi connectivity index (χ1n) is 6.74. The van der Waals surface area contributed by atoms with Gasteiger partial charge in [0.25, 0.3) is 0 Å². The van der Waals surface area contributed by atoms with E-state index >= 15 is 0 Å². The zero-order valence-electron chi connectivity index (χ0n) is 11.9. The summed E-state index contributed by atoms with van der Waals surface area (Å²) in [4.78, 5) is 9.15. The summed E-state index contributed by atoms with van der Waals surface area (Å²) in [5, 5.41) is -0.167. The average Bonchev–Trinajstić information content (AvgIpc) is 2.77. The fourth-order valence-corrected chi connectivity index (χ4v) is 2.90. The second-order valence-electron chi connectivity index (χ2n) is 4.85. The van der Waals surface area contributed by atoms with Crippen molar-refractivity contribution in [2.45, 2.75) is 38.1 Å². The molecule has 0 aliphatic rings. The summed E-state index contributed by atoms with van der Waals surface area (Å²) in [7, 11) is 1.72. The summed E-state index contributed by atoms with van der Waals surface area (Å²) in [6.45, 7) is 4.73. The standard InChI is InChI=1S/C14H19BrClN3O/c1-4-5-11(8-20-3)19-13(9(2)16)18-12-6-10(15)7-17-14(12)19/h6-7,9,11H,4-5,8H2,1-3H3. The Morgan fingerprint density at radius 2 is 2.25 bits per heavy atom. The summed E-state index contributed by atoms with van der Waals surface area (Å²) in [6, 6.07) is 2.18. The van der Waals surface area contributed by atoms with Gasteiger partial charge < -0.3 is 9.30 Å². The van der Waals surface area contributed by atoms with Crippen LogP contribution in [0.2, 0.25) is 0 Å². The van der Waals surface area contributed by atoms with Crippen LogP contribution in [0.4, 0.5) is 0 Å². The Morgan fingerprint density at radius 3 is 2.85 bits per heavy atom. The first-order valence-corrected chi connectivity index (χ1v) is 7.97. The molecule has 0 aliphatic heterocycles. The van der Waals surface area contributed by atoms with Gasteiger partial charge in [0.2, 0.25) is 0 Å². The van der Waals surface area contributed by atoms with Crippen LogP contribution in [0.1, 0.15) is 43.9 Å². The molecular weight excluding hydrogens is 342 g/mol. The maximum atomic E-state index is 6.30. The van der Waals surface area contributed by atoms with Crippen LogP contribution in [0.15, 0.2) is 16.7 Å². The maximum absolute atomic E-state index is 6.30. The molecule has 0 aromatic carbocycles. The molecule has 0 saturated heterocycles. The maximum Gasteiger partial charge on any atom is 0.160 e. The highest BCUT2D eigenvalue weighted by Crippen LogP contribution is 2.30. The first-order chi connectivity index (χ1) is 9.58. The molecule has 2 heterocycles. The van der Waals surface area contributed by atoms with Crippen molar-refractivity contribution in [2.24, 2.45) is 0 Å². The topological polar surface area (TPSA) is 39.9 Å². The zero-order chi connectivity index (χ0) is 14.7. The van der Waals surface area contributed by atoms with Crippen molar-refractivity contribution in [3.05, 3.63) is 22.6 Å². The number of hydrogen-bond acceptors (Lipinski definition) is 3. The quantitative estimate of drug-likeness (QED) is 0.713. The zero-order valence-corrected chi connectivity index (χ0v) is 14.3. The monoisotopic (exact) mass is 359 g/mol. The lowest BCUT2D eigenvalue weighted by Gasteiger charge is -2.20. The Bertz CT molecular complexity index is 579. The van der Waals surface area contributed by atoms with Gasteiger partial charge in [-0.1, -0.05) is 13.3 Å². The highest BCUT2D eigenvalue weighted by Gasteiger charge is 2.22.